The van der Waals surface area contributed by atoms with Gasteiger partial charge >= 0.3 is 0 Å². The Kier molecular flexibility index (Phi) is 6.98. The fraction of sp³-hybridized carbons (Fsp3) is 0.429. The van der Waals surface area contributed by atoms with Crippen LogP contribution in [0.3, 0.4) is 0 Å². The number of hydrogen-bond donors (Lipinski definition) is 1. The smallest absolute Gasteiger partial charge is 0.0904 e. The van der Waals surface area contributed by atoms with E-state index in [1.165, 1.54) is 42.1 Å². The third kappa shape index (κ3) is 4.51. The van der Waals surface area contributed by atoms with Crippen molar-refractivity contribution in [3.63, 3.8) is 0 Å². The van der Waals surface area contributed by atoms with Crippen LogP contribution in [0.2, 0.25) is 12.1 Å². The first-order valence-corrected chi connectivity index (χ1v) is 12.1. The van der Waals surface area contributed by atoms with Crippen LogP contribution in [0.15, 0.2) is 53.4 Å². The molecule has 0 bridgehead atoms. The Morgan fingerprint density at radius 3 is 2.22 bits per heavy atom. The standard InChI is InChI=1S/C21H30SSi/c1-4-7-11-19-16-18(14-15-21(19)22)17-23(5-2,6-3)20-12-9-8-10-13-20/h8-10,12-16,22H,4-7,11,17H2,1-3H3. The highest BCUT2D eigenvalue weighted by molar-refractivity contribution is 7.80. The lowest BCUT2D eigenvalue weighted by atomic mass is 10.1. The second-order valence-electron chi connectivity index (χ2n) is 6.60. The summed E-state index contributed by atoms with van der Waals surface area (Å²) in [6.07, 6.45) is 3.64. The van der Waals surface area contributed by atoms with Crippen molar-refractivity contribution in [2.45, 2.75) is 63.1 Å². The van der Waals surface area contributed by atoms with E-state index in [1.807, 2.05) is 0 Å². The summed E-state index contributed by atoms with van der Waals surface area (Å²) in [4.78, 5) is 1.15. The van der Waals surface area contributed by atoms with E-state index in [1.54, 1.807) is 5.19 Å². The normalized spacial score (nSPS) is 11.7. The van der Waals surface area contributed by atoms with Crippen molar-refractivity contribution in [3.8, 4) is 0 Å². The zero-order chi connectivity index (χ0) is 16.7. The second kappa shape index (κ2) is 8.75. The summed E-state index contributed by atoms with van der Waals surface area (Å²) in [7, 11) is -1.46. The molecule has 0 unspecified atom stereocenters. The van der Waals surface area contributed by atoms with E-state index in [0.717, 1.165) is 11.3 Å². The summed E-state index contributed by atoms with van der Waals surface area (Å²) in [5, 5.41) is 1.61. The van der Waals surface area contributed by atoms with Gasteiger partial charge in [-0.15, -0.1) is 12.6 Å². The molecule has 0 aliphatic rings. The van der Waals surface area contributed by atoms with Gasteiger partial charge in [-0.05, 0) is 36.1 Å². The van der Waals surface area contributed by atoms with Gasteiger partial charge in [-0.25, -0.2) is 0 Å². The molecule has 0 radical (unpaired) electrons. The van der Waals surface area contributed by atoms with Gasteiger partial charge < -0.3 is 0 Å². The SMILES string of the molecule is CCCCc1cc(C[Si](CC)(CC)c2ccccc2)ccc1S. The van der Waals surface area contributed by atoms with E-state index in [-0.39, 0.29) is 0 Å². The van der Waals surface area contributed by atoms with Crippen molar-refractivity contribution in [2.75, 3.05) is 0 Å². The van der Waals surface area contributed by atoms with Gasteiger partial charge in [-0.1, -0.05) is 86.9 Å². The lowest BCUT2D eigenvalue weighted by molar-refractivity contribution is 0.784. The van der Waals surface area contributed by atoms with Gasteiger partial charge in [0.15, 0.2) is 0 Å². The molecule has 0 aliphatic carbocycles. The molecular formula is C21H30SSi. The van der Waals surface area contributed by atoms with Crippen LogP contribution in [0.1, 0.15) is 44.7 Å². The largest absolute Gasteiger partial charge is 0.143 e. The van der Waals surface area contributed by atoms with Gasteiger partial charge in [0.1, 0.15) is 0 Å². The maximum atomic E-state index is 4.66. The quantitative estimate of drug-likeness (QED) is 0.455. The summed E-state index contributed by atoms with van der Waals surface area (Å²) in [6.45, 7) is 7.02. The molecular weight excluding hydrogens is 312 g/mol. The van der Waals surface area contributed by atoms with Crippen molar-refractivity contribution >= 4 is 25.9 Å². The van der Waals surface area contributed by atoms with Crippen molar-refractivity contribution in [2.24, 2.45) is 0 Å². The van der Waals surface area contributed by atoms with Crippen LogP contribution >= 0.6 is 12.6 Å². The van der Waals surface area contributed by atoms with E-state index in [0.29, 0.717) is 0 Å². The van der Waals surface area contributed by atoms with Crippen LogP contribution in [0.4, 0.5) is 0 Å². The first-order valence-electron chi connectivity index (χ1n) is 9.01. The Morgan fingerprint density at radius 2 is 1.61 bits per heavy atom. The number of hydrogen-bond acceptors (Lipinski definition) is 1. The Morgan fingerprint density at radius 1 is 0.913 bits per heavy atom. The van der Waals surface area contributed by atoms with Crippen molar-refractivity contribution in [3.05, 3.63) is 59.7 Å². The molecule has 0 saturated heterocycles. The number of aryl methyl sites for hydroxylation is 1. The third-order valence-corrected chi connectivity index (χ3v) is 11.0. The zero-order valence-corrected chi connectivity index (χ0v) is 16.7. The van der Waals surface area contributed by atoms with Gasteiger partial charge in [0, 0.05) is 4.90 Å². The summed E-state index contributed by atoms with van der Waals surface area (Å²) >= 11 is 4.66. The summed E-state index contributed by atoms with van der Waals surface area (Å²) in [6, 6.07) is 22.0. The van der Waals surface area contributed by atoms with Crippen LogP contribution in [-0.4, -0.2) is 8.07 Å². The lowest BCUT2D eigenvalue weighted by Gasteiger charge is -2.30. The molecule has 2 heteroatoms. The molecule has 124 valence electrons. The lowest BCUT2D eigenvalue weighted by Crippen LogP contribution is -2.49. The molecule has 0 aliphatic heterocycles. The second-order valence-corrected chi connectivity index (χ2v) is 12.0. The highest BCUT2D eigenvalue weighted by Gasteiger charge is 2.31. The minimum Gasteiger partial charge on any atom is -0.143 e. The van der Waals surface area contributed by atoms with Crippen LogP contribution in [0, 0.1) is 0 Å². The molecule has 0 fully saturated rings. The predicted molar refractivity (Wildman–Crippen MR) is 109 cm³/mol. The molecule has 23 heavy (non-hydrogen) atoms. The fourth-order valence-corrected chi connectivity index (χ4v) is 7.68. The van der Waals surface area contributed by atoms with Crippen molar-refractivity contribution in [1.29, 1.82) is 0 Å². The van der Waals surface area contributed by atoms with E-state index >= 15 is 0 Å². The summed E-state index contributed by atoms with van der Waals surface area (Å²) in [5.41, 5.74) is 2.93. The zero-order valence-electron chi connectivity index (χ0n) is 14.8. The van der Waals surface area contributed by atoms with Crippen LogP contribution in [0.25, 0.3) is 0 Å². The molecule has 0 N–H and O–H groups in total. The Hall–Kier alpha value is -0.993. The molecule has 0 spiro atoms. The summed E-state index contributed by atoms with van der Waals surface area (Å²) in [5.74, 6) is 0. The van der Waals surface area contributed by atoms with E-state index < -0.39 is 8.07 Å². The molecule has 0 nitrogen and oxygen atoms in total. The molecule has 0 aromatic heterocycles. The number of rotatable bonds is 8. The van der Waals surface area contributed by atoms with Gasteiger partial charge in [0.05, 0.1) is 8.07 Å². The molecule has 0 saturated carbocycles. The Balaban J connectivity index is 2.30. The molecule has 2 rings (SSSR count). The van der Waals surface area contributed by atoms with E-state index in [2.05, 4.69) is 81.9 Å². The van der Waals surface area contributed by atoms with E-state index in [9.17, 15) is 0 Å². The maximum absolute atomic E-state index is 4.66. The number of thiol groups is 1. The molecule has 0 atom stereocenters. The maximum Gasteiger partial charge on any atom is 0.0904 e. The van der Waals surface area contributed by atoms with Crippen LogP contribution < -0.4 is 5.19 Å². The topological polar surface area (TPSA) is 0 Å². The third-order valence-electron chi connectivity index (χ3n) is 5.23. The fourth-order valence-electron chi connectivity index (χ4n) is 3.51. The van der Waals surface area contributed by atoms with E-state index in [4.69, 9.17) is 0 Å². The highest BCUT2D eigenvalue weighted by Crippen LogP contribution is 2.24. The summed E-state index contributed by atoms with van der Waals surface area (Å²) < 4.78 is 0. The first kappa shape index (κ1) is 18.3. The van der Waals surface area contributed by atoms with Crippen molar-refractivity contribution in [1.82, 2.24) is 0 Å². The van der Waals surface area contributed by atoms with Gasteiger partial charge in [-0.3, -0.25) is 0 Å². The van der Waals surface area contributed by atoms with Gasteiger partial charge in [0.2, 0.25) is 0 Å². The first-order chi connectivity index (χ1) is 11.1. The molecule has 0 amide bonds. The number of unbranched alkanes of at least 4 members (excludes halogenated alkanes) is 1. The van der Waals surface area contributed by atoms with Gasteiger partial charge in [-0.2, -0.15) is 0 Å². The molecule has 2 aromatic carbocycles. The molecule has 0 heterocycles. The average molecular weight is 343 g/mol. The van der Waals surface area contributed by atoms with Crippen molar-refractivity contribution < 1.29 is 0 Å². The Labute approximate surface area is 148 Å². The van der Waals surface area contributed by atoms with Gasteiger partial charge in [0.25, 0.3) is 0 Å². The predicted octanol–water partition coefficient (Wildman–Crippen LogP) is 5.80. The number of benzene rings is 2. The minimum absolute atomic E-state index is 1.15. The van der Waals surface area contributed by atoms with Crippen LogP contribution in [-0.2, 0) is 12.5 Å². The Bertz CT molecular complexity index is 602. The molecule has 2 aromatic rings. The monoisotopic (exact) mass is 342 g/mol. The minimum atomic E-state index is -1.46. The average Bonchev–Trinajstić information content (AvgIpc) is 2.61. The highest BCUT2D eigenvalue weighted by atomic mass is 32.1. The van der Waals surface area contributed by atoms with Crippen LogP contribution in [0.5, 0.6) is 0 Å².